The Bertz CT molecular complexity index is 1150. The number of ether oxygens (including phenoxy) is 2. The molecule has 2 aliphatic heterocycles. The highest BCUT2D eigenvalue weighted by atomic mass is 16.5. The third-order valence-electron chi connectivity index (χ3n) is 7.29. The van der Waals surface area contributed by atoms with Crippen molar-refractivity contribution in [3.05, 3.63) is 58.7 Å². The lowest BCUT2D eigenvalue weighted by Crippen LogP contribution is -2.58. The largest absolute Gasteiger partial charge is 0.493 e. The predicted molar refractivity (Wildman–Crippen MR) is 131 cm³/mol. The molecule has 0 radical (unpaired) electrons. The van der Waals surface area contributed by atoms with Crippen molar-refractivity contribution in [2.45, 2.75) is 51.9 Å². The van der Waals surface area contributed by atoms with Gasteiger partial charge in [0.15, 0.2) is 11.5 Å². The standard InChI is InChI=1S/C27H33N3O5/c1-6-16(2)24(30-14-17-9-7-8-10-20(17)26(30)32)27(33)29-15-19-13-23(35-5)22(34-4)12-18(19)11-21(29)25(31)28-3/h7-10,12-13,16,21,24H,6,11,14-15H2,1-5H3,(H,28,31)/t16-,21-,24-/m0/s1. The highest BCUT2D eigenvalue weighted by Gasteiger charge is 2.44. The van der Waals surface area contributed by atoms with Crippen molar-refractivity contribution in [1.29, 1.82) is 0 Å². The molecule has 2 heterocycles. The van der Waals surface area contributed by atoms with Crippen LogP contribution in [0.4, 0.5) is 0 Å². The molecule has 0 unspecified atom stereocenters. The minimum atomic E-state index is -0.690. The van der Waals surface area contributed by atoms with Crippen LogP contribution in [0, 0.1) is 5.92 Å². The van der Waals surface area contributed by atoms with Crippen molar-refractivity contribution in [1.82, 2.24) is 15.1 Å². The van der Waals surface area contributed by atoms with Gasteiger partial charge in [-0.1, -0.05) is 38.5 Å². The zero-order chi connectivity index (χ0) is 25.3. The molecule has 0 aromatic heterocycles. The monoisotopic (exact) mass is 479 g/mol. The molecule has 35 heavy (non-hydrogen) atoms. The number of nitrogens with zero attached hydrogens (tertiary/aromatic N) is 2. The lowest BCUT2D eigenvalue weighted by atomic mass is 9.90. The minimum Gasteiger partial charge on any atom is -0.493 e. The third-order valence-corrected chi connectivity index (χ3v) is 7.29. The second-order valence-corrected chi connectivity index (χ2v) is 9.20. The Morgan fingerprint density at radius 3 is 2.31 bits per heavy atom. The zero-order valence-corrected chi connectivity index (χ0v) is 21.0. The van der Waals surface area contributed by atoms with Gasteiger partial charge >= 0.3 is 0 Å². The number of rotatable bonds is 7. The fourth-order valence-electron chi connectivity index (χ4n) is 5.12. The average Bonchev–Trinajstić information content (AvgIpc) is 3.22. The second kappa shape index (κ2) is 9.98. The molecule has 0 saturated heterocycles. The van der Waals surface area contributed by atoms with E-state index in [9.17, 15) is 14.4 Å². The molecule has 1 N–H and O–H groups in total. The van der Waals surface area contributed by atoms with Crippen molar-refractivity contribution in [3.63, 3.8) is 0 Å². The van der Waals surface area contributed by atoms with E-state index in [1.165, 1.54) is 0 Å². The first-order valence-corrected chi connectivity index (χ1v) is 12.0. The molecular weight excluding hydrogens is 446 g/mol. The normalized spacial score (nSPS) is 18.4. The van der Waals surface area contributed by atoms with Crippen LogP contribution in [0.5, 0.6) is 11.5 Å². The van der Waals surface area contributed by atoms with Crippen molar-refractivity contribution < 1.29 is 23.9 Å². The van der Waals surface area contributed by atoms with E-state index in [1.54, 1.807) is 37.1 Å². The maximum atomic E-state index is 14.2. The van der Waals surface area contributed by atoms with Gasteiger partial charge in [-0.05, 0) is 40.8 Å². The number of hydrogen-bond acceptors (Lipinski definition) is 5. The van der Waals surface area contributed by atoms with E-state index in [2.05, 4.69) is 5.32 Å². The Balaban J connectivity index is 1.72. The molecule has 8 nitrogen and oxygen atoms in total. The van der Waals surface area contributed by atoms with Gasteiger partial charge in [-0.2, -0.15) is 0 Å². The quantitative estimate of drug-likeness (QED) is 0.660. The number of hydrogen-bond donors (Lipinski definition) is 1. The van der Waals surface area contributed by atoms with Crippen LogP contribution in [0.1, 0.15) is 47.3 Å². The lowest BCUT2D eigenvalue weighted by molar-refractivity contribution is -0.146. The Kier molecular flexibility index (Phi) is 7.00. The van der Waals surface area contributed by atoms with Crippen LogP contribution in [0.2, 0.25) is 0 Å². The highest BCUT2D eigenvalue weighted by Crippen LogP contribution is 2.36. The van der Waals surface area contributed by atoms with Crippen LogP contribution in [0.15, 0.2) is 36.4 Å². The summed E-state index contributed by atoms with van der Waals surface area (Å²) in [6.45, 7) is 4.63. The molecule has 0 saturated carbocycles. The van der Waals surface area contributed by atoms with Crippen LogP contribution in [-0.2, 0) is 29.1 Å². The molecule has 4 rings (SSSR count). The summed E-state index contributed by atoms with van der Waals surface area (Å²) in [7, 11) is 4.71. The number of methoxy groups -OCH3 is 2. The van der Waals surface area contributed by atoms with Crippen molar-refractivity contribution in [3.8, 4) is 11.5 Å². The van der Waals surface area contributed by atoms with E-state index in [0.29, 0.717) is 30.0 Å². The Morgan fingerprint density at radius 1 is 1.06 bits per heavy atom. The van der Waals surface area contributed by atoms with Crippen LogP contribution in [0.3, 0.4) is 0 Å². The van der Waals surface area contributed by atoms with Gasteiger partial charge in [-0.3, -0.25) is 14.4 Å². The summed E-state index contributed by atoms with van der Waals surface area (Å²) in [6, 6.07) is 9.85. The molecule has 0 fully saturated rings. The van der Waals surface area contributed by atoms with Crippen molar-refractivity contribution in [2.75, 3.05) is 21.3 Å². The third kappa shape index (κ3) is 4.33. The van der Waals surface area contributed by atoms with Crippen LogP contribution in [-0.4, -0.2) is 60.9 Å². The van der Waals surface area contributed by atoms with E-state index < -0.39 is 12.1 Å². The van der Waals surface area contributed by atoms with Gasteiger partial charge < -0.3 is 24.6 Å². The molecule has 3 amide bonds. The maximum Gasteiger partial charge on any atom is 0.255 e. The smallest absolute Gasteiger partial charge is 0.255 e. The highest BCUT2D eigenvalue weighted by molar-refractivity contribution is 6.01. The summed E-state index contributed by atoms with van der Waals surface area (Å²) >= 11 is 0. The first-order valence-electron chi connectivity index (χ1n) is 12.0. The first-order chi connectivity index (χ1) is 16.8. The van der Waals surface area contributed by atoms with E-state index in [0.717, 1.165) is 23.1 Å². The van der Waals surface area contributed by atoms with Gasteiger partial charge in [0.25, 0.3) is 5.91 Å². The molecule has 2 aromatic carbocycles. The number of carbonyl (C=O) groups is 3. The average molecular weight is 480 g/mol. The summed E-state index contributed by atoms with van der Waals surface area (Å²) in [6.07, 6.45) is 1.07. The van der Waals surface area contributed by atoms with Crippen LogP contribution in [0.25, 0.3) is 0 Å². The van der Waals surface area contributed by atoms with E-state index in [1.807, 2.05) is 44.2 Å². The van der Waals surface area contributed by atoms with Crippen molar-refractivity contribution in [2.24, 2.45) is 5.92 Å². The fraction of sp³-hybridized carbons (Fsp3) is 0.444. The second-order valence-electron chi connectivity index (χ2n) is 9.20. The summed E-state index contributed by atoms with van der Waals surface area (Å²) in [5.74, 6) is 0.477. The topological polar surface area (TPSA) is 88.2 Å². The summed E-state index contributed by atoms with van der Waals surface area (Å²) < 4.78 is 10.9. The number of likely N-dealkylation sites (N-methyl/N-ethyl adjacent to an activating group) is 1. The summed E-state index contributed by atoms with van der Waals surface area (Å²) in [5, 5.41) is 2.71. The Hall–Kier alpha value is -3.55. The molecule has 0 bridgehead atoms. The molecule has 2 aliphatic rings. The minimum absolute atomic E-state index is 0.0853. The van der Waals surface area contributed by atoms with Gasteiger partial charge in [0.05, 0.1) is 14.2 Å². The van der Waals surface area contributed by atoms with E-state index in [-0.39, 0.29) is 30.2 Å². The van der Waals surface area contributed by atoms with E-state index >= 15 is 0 Å². The zero-order valence-electron chi connectivity index (χ0n) is 21.0. The number of nitrogens with one attached hydrogen (secondary N) is 1. The Labute approximate surface area is 206 Å². The lowest BCUT2D eigenvalue weighted by Gasteiger charge is -2.41. The molecule has 8 heteroatoms. The molecule has 0 spiro atoms. The van der Waals surface area contributed by atoms with Gasteiger partial charge in [0.1, 0.15) is 12.1 Å². The fourth-order valence-corrected chi connectivity index (χ4v) is 5.12. The maximum absolute atomic E-state index is 14.2. The van der Waals surface area contributed by atoms with Crippen LogP contribution < -0.4 is 14.8 Å². The number of benzene rings is 2. The van der Waals surface area contributed by atoms with E-state index in [4.69, 9.17) is 9.47 Å². The van der Waals surface area contributed by atoms with Gasteiger partial charge in [0.2, 0.25) is 11.8 Å². The molecule has 0 aliphatic carbocycles. The number of carbonyl (C=O) groups excluding carboxylic acids is 3. The van der Waals surface area contributed by atoms with Crippen LogP contribution >= 0.6 is 0 Å². The molecule has 2 aromatic rings. The first kappa shape index (κ1) is 24.6. The summed E-state index contributed by atoms with van der Waals surface area (Å²) in [4.78, 5) is 43.8. The predicted octanol–water partition coefficient (Wildman–Crippen LogP) is 2.77. The Morgan fingerprint density at radius 2 is 1.71 bits per heavy atom. The van der Waals surface area contributed by atoms with Gasteiger partial charge in [0, 0.05) is 32.1 Å². The summed E-state index contributed by atoms with van der Waals surface area (Å²) in [5.41, 5.74) is 3.39. The molecule has 186 valence electrons. The molecular formula is C27H33N3O5. The number of amides is 3. The molecule has 3 atom stereocenters. The van der Waals surface area contributed by atoms with Crippen molar-refractivity contribution >= 4 is 17.7 Å². The number of fused-ring (bicyclic) bond motifs is 2. The SMILES string of the molecule is CC[C@H](C)[C@@H](C(=O)N1Cc2cc(OC)c(OC)cc2C[C@H]1C(=O)NC)N1Cc2ccccc2C1=O. The van der Waals surface area contributed by atoms with Gasteiger partial charge in [-0.25, -0.2) is 0 Å². The van der Waals surface area contributed by atoms with Gasteiger partial charge in [-0.15, -0.1) is 0 Å².